The second-order valence-corrected chi connectivity index (χ2v) is 8.62. The lowest BCUT2D eigenvalue weighted by molar-refractivity contribution is -0.115. The molecule has 0 bridgehead atoms. The van der Waals surface area contributed by atoms with Gasteiger partial charge in [0, 0.05) is 16.3 Å². The molecule has 7 nitrogen and oxygen atoms in total. The number of rotatable bonds is 5. The number of hydrogen-bond donors (Lipinski definition) is 3. The zero-order valence-corrected chi connectivity index (χ0v) is 17.2. The maximum Gasteiger partial charge on any atom is 0.240 e. The Morgan fingerprint density at radius 1 is 1.07 bits per heavy atom. The largest absolute Gasteiger partial charge is 0.337 e. The van der Waals surface area contributed by atoms with E-state index < -0.39 is 10.0 Å². The second kappa shape index (κ2) is 7.91. The lowest BCUT2D eigenvalue weighted by Gasteiger charge is -2.08. The Balaban J connectivity index is 1.72. The Bertz CT molecular complexity index is 1350. The van der Waals surface area contributed by atoms with Crippen LogP contribution in [0.4, 0.5) is 5.69 Å². The first-order chi connectivity index (χ1) is 14.3. The summed E-state index contributed by atoms with van der Waals surface area (Å²) in [5.41, 5.74) is 2.37. The summed E-state index contributed by atoms with van der Waals surface area (Å²) in [6.07, 6.45) is 0.0399. The lowest BCUT2D eigenvalue weighted by Crippen LogP contribution is -2.17. The number of nitrogens with two attached hydrogens (primary N) is 1. The van der Waals surface area contributed by atoms with Crippen molar-refractivity contribution >= 4 is 44.3 Å². The quantitative estimate of drug-likeness (QED) is 0.438. The molecule has 152 valence electrons. The molecule has 0 atom stereocenters. The number of anilines is 1. The molecule has 30 heavy (non-hydrogen) atoms. The van der Waals surface area contributed by atoms with Crippen molar-refractivity contribution in [2.45, 2.75) is 11.3 Å². The van der Waals surface area contributed by atoms with Crippen LogP contribution in [0.2, 0.25) is 5.02 Å². The van der Waals surface area contributed by atoms with Crippen LogP contribution in [0.1, 0.15) is 5.56 Å². The van der Waals surface area contributed by atoms with E-state index in [2.05, 4.69) is 15.3 Å². The number of nitrogens with zero attached hydrogens (tertiary/aromatic N) is 1. The fraction of sp³-hybridized carbons (Fsp3) is 0.0476. The molecule has 4 rings (SSSR count). The molecule has 0 saturated carbocycles. The molecule has 0 radical (unpaired) electrons. The van der Waals surface area contributed by atoms with Crippen molar-refractivity contribution in [2.75, 3.05) is 5.32 Å². The van der Waals surface area contributed by atoms with Gasteiger partial charge in [-0.05, 0) is 23.8 Å². The van der Waals surface area contributed by atoms with Gasteiger partial charge in [-0.2, -0.15) is 0 Å². The van der Waals surface area contributed by atoms with Crippen LogP contribution in [0, 0.1) is 0 Å². The summed E-state index contributed by atoms with van der Waals surface area (Å²) < 4.78 is 24.3. The van der Waals surface area contributed by atoms with Crippen molar-refractivity contribution in [1.29, 1.82) is 0 Å². The lowest BCUT2D eigenvalue weighted by atomic mass is 10.1. The molecular weight excluding hydrogens is 424 g/mol. The van der Waals surface area contributed by atoms with E-state index in [0.717, 1.165) is 5.56 Å². The van der Waals surface area contributed by atoms with E-state index in [0.29, 0.717) is 21.9 Å². The summed E-state index contributed by atoms with van der Waals surface area (Å²) in [7, 11) is -4.07. The number of H-pyrrole nitrogens is 1. The van der Waals surface area contributed by atoms with Gasteiger partial charge in [0.05, 0.1) is 17.5 Å². The standard InChI is InChI=1S/C21H17ClN4O3S/c22-16-9-5-4-8-14(16)10-19(27)24-15-11-17-20(18(12-15)30(23,28)29)26-21(25-17)13-6-2-1-3-7-13/h1-9,11-12H,10H2,(H,24,27)(H,25,26)(H2,23,28,29). The normalized spacial score (nSPS) is 11.5. The first-order valence-corrected chi connectivity index (χ1v) is 10.9. The summed E-state index contributed by atoms with van der Waals surface area (Å²) in [6.45, 7) is 0. The molecule has 0 spiro atoms. The fourth-order valence-corrected chi connectivity index (χ4v) is 4.06. The highest BCUT2D eigenvalue weighted by molar-refractivity contribution is 7.89. The van der Waals surface area contributed by atoms with Crippen LogP contribution in [-0.4, -0.2) is 24.3 Å². The van der Waals surface area contributed by atoms with Gasteiger partial charge >= 0.3 is 0 Å². The van der Waals surface area contributed by atoms with E-state index in [4.69, 9.17) is 16.7 Å². The maximum atomic E-state index is 12.5. The molecule has 0 aliphatic carbocycles. The summed E-state index contributed by atoms with van der Waals surface area (Å²) in [5.74, 6) is 0.150. The van der Waals surface area contributed by atoms with Crippen LogP contribution < -0.4 is 10.5 Å². The molecule has 0 aliphatic heterocycles. The van der Waals surface area contributed by atoms with Crippen LogP contribution in [0.15, 0.2) is 71.6 Å². The number of aromatic amines is 1. The third kappa shape index (κ3) is 4.20. The third-order valence-corrected chi connectivity index (χ3v) is 5.81. The molecule has 0 saturated heterocycles. The van der Waals surface area contributed by atoms with Crippen molar-refractivity contribution in [2.24, 2.45) is 5.14 Å². The predicted octanol–water partition coefficient (Wildman–Crippen LogP) is 3.71. The summed E-state index contributed by atoms with van der Waals surface area (Å²) in [5, 5.41) is 8.59. The van der Waals surface area contributed by atoms with Gasteiger partial charge in [-0.1, -0.05) is 60.1 Å². The van der Waals surface area contributed by atoms with Crippen molar-refractivity contribution in [3.8, 4) is 11.4 Å². The molecule has 4 aromatic rings. The average Bonchev–Trinajstić information content (AvgIpc) is 3.13. The van der Waals surface area contributed by atoms with E-state index in [1.807, 2.05) is 30.3 Å². The van der Waals surface area contributed by atoms with Gasteiger partial charge in [0.1, 0.15) is 10.7 Å². The molecule has 0 fully saturated rings. The third-order valence-electron chi connectivity index (χ3n) is 4.50. The predicted molar refractivity (Wildman–Crippen MR) is 117 cm³/mol. The van der Waals surface area contributed by atoms with Crippen LogP contribution in [0.25, 0.3) is 22.4 Å². The maximum absolute atomic E-state index is 12.5. The van der Waals surface area contributed by atoms with Gasteiger partial charge in [0.25, 0.3) is 0 Å². The monoisotopic (exact) mass is 440 g/mol. The Morgan fingerprint density at radius 3 is 2.47 bits per heavy atom. The molecular formula is C21H17ClN4O3S. The number of sulfonamides is 1. The number of amides is 1. The van der Waals surface area contributed by atoms with Gasteiger partial charge in [0.2, 0.25) is 15.9 Å². The Kier molecular flexibility index (Phi) is 5.29. The SMILES string of the molecule is NS(=O)(=O)c1cc(NC(=O)Cc2ccccc2Cl)cc2nc(-c3ccccc3)[nH]c12. The minimum atomic E-state index is -4.07. The Hall–Kier alpha value is -3.20. The van der Waals surface area contributed by atoms with Crippen LogP contribution in [-0.2, 0) is 21.2 Å². The van der Waals surface area contributed by atoms with E-state index in [9.17, 15) is 13.2 Å². The van der Waals surface area contributed by atoms with Crippen molar-refractivity contribution in [3.05, 3.63) is 77.3 Å². The number of carbonyl (C=O) groups is 1. The van der Waals surface area contributed by atoms with Crippen LogP contribution >= 0.6 is 11.6 Å². The first-order valence-electron chi connectivity index (χ1n) is 8.96. The number of hydrogen-bond acceptors (Lipinski definition) is 4. The van der Waals surface area contributed by atoms with Crippen LogP contribution in [0.5, 0.6) is 0 Å². The van der Waals surface area contributed by atoms with Gasteiger partial charge in [-0.3, -0.25) is 4.79 Å². The van der Waals surface area contributed by atoms with Gasteiger partial charge in [-0.15, -0.1) is 0 Å². The number of benzene rings is 3. The molecule has 9 heteroatoms. The highest BCUT2D eigenvalue weighted by Crippen LogP contribution is 2.28. The van der Waals surface area contributed by atoms with Gasteiger partial charge in [0.15, 0.2) is 0 Å². The highest BCUT2D eigenvalue weighted by Gasteiger charge is 2.19. The molecule has 0 aliphatic rings. The van der Waals surface area contributed by atoms with E-state index in [1.165, 1.54) is 6.07 Å². The van der Waals surface area contributed by atoms with Crippen LogP contribution in [0.3, 0.4) is 0 Å². The zero-order chi connectivity index (χ0) is 21.3. The molecule has 1 amide bonds. The molecule has 1 heterocycles. The molecule has 4 N–H and O–H groups in total. The molecule has 3 aromatic carbocycles. The minimum absolute atomic E-state index is 0.0399. The highest BCUT2D eigenvalue weighted by atomic mass is 35.5. The van der Waals surface area contributed by atoms with Crippen molar-refractivity contribution in [1.82, 2.24) is 9.97 Å². The topological polar surface area (TPSA) is 118 Å². The number of nitrogens with one attached hydrogen (secondary N) is 2. The smallest absolute Gasteiger partial charge is 0.240 e. The van der Waals surface area contributed by atoms with E-state index >= 15 is 0 Å². The summed E-state index contributed by atoms with van der Waals surface area (Å²) >= 11 is 6.11. The summed E-state index contributed by atoms with van der Waals surface area (Å²) in [4.78, 5) is 19.8. The van der Waals surface area contributed by atoms with Gasteiger partial charge in [-0.25, -0.2) is 18.5 Å². The first kappa shape index (κ1) is 20.1. The number of aromatic nitrogens is 2. The molecule has 1 aromatic heterocycles. The van der Waals surface area contributed by atoms with E-state index in [-0.39, 0.29) is 28.4 Å². The Morgan fingerprint density at radius 2 is 1.77 bits per heavy atom. The van der Waals surface area contributed by atoms with Crippen molar-refractivity contribution in [3.63, 3.8) is 0 Å². The zero-order valence-electron chi connectivity index (χ0n) is 15.6. The number of imidazole rings is 1. The minimum Gasteiger partial charge on any atom is -0.337 e. The summed E-state index contributed by atoms with van der Waals surface area (Å²) in [6, 6.07) is 19.2. The number of primary sulfonamides is 1. The van der Waals surface area contributed by atoms with Crippen molar-refractivity contribution < 1.29 is 13.2 Å². The van der Waals surface area contributed by atoms with Gasteiger partial charge < -0.3 is 10.3 Å². The second-order valence-electron chi connectivity index (χ2n) is 6.68. The number of carbonyl (C=O) groups excluding carboxylic acids is 1. The molecule has 0 unspecified atom stereocenters. The number of halogens is 1. The number of fused-ring (bicyclic) bond motifs is 1. The fourth-order valence-electron chi connectivity index (χ4n) is 3.13. The van der Waals surface area contributed by atoms with E-state index in [1.54, 1.807) is 30.3 Å². The Labute approximate surface area is 178 Å². The average molecular weight is 441 g/mol.